The Bertz CT molecular complexity index is 709. The van der Waals surface area contributed by atoms with Gasteiger partial charge in [-0.25, -0.2) is 15.0 Å². The van der Waals surface area contributed by atoms with E-state index in [2.05, 4.69) is 20.3 Å². The molecule has 11 nitrogen and oxygen atoms in total. The number of methoxy groups -OCH3 is 1. The zero-order valence-electron chi connectivity index (χ0n) is 13.0. The second kappa shape index (κ2) is 6.83. The number of imidazole rings is 1. The van der Waals surface area contributed by atoms with Crippen LogP contribution in [0.1, 0.15) is 6.23 Å². The lowest BCUT2D eigenvalue weighted by atomic mass is 10.1. The molecule has 3 heterocycles. The van der Waals surface area contributed by atoms with Gasteiger partial charge < -0.3 is 35.8 Å². The molecule has 0 radical (unpaired) electrons. The van der Waals surface area contributed by atoms with Gasteiger partial charge in [-0.1, -0.05) is 0 Å². The monoisotopic (exact) mass is 340 g/mol. The van der Waals surface area contributed by atoms with Gasteiger partial charge in [-0.2, -0.15) is 0 Å². The van der Waals surface area contributed by atoms with Crippen molar-refractivity contribution in [1.29, 1.82) is 0 Å². The molecule has 1 aliphatic rings. The highest BCUT2D eigenvalue weighted by Crippen LogP contribution is 2.34. The molecule has 0 amide bonds. The maximum absolute atomic E-state index is 10.3. The predicted molar refractivity (Wildman–Crippen MR) is 83.1 cm³/mol. The van der Waals surface area contributed by atoms with Crippen LogP contribution in [0.15, 0.2) is 6.33 Å². The summed E-state index contributed by atoms with van der Waals surface area (Å²) < 4.78 is 12.1. The molecule has 11 heteroatoms. The molecule has 1 saturated heterocycles. The fourth-order valence-corrected chi connectivity index (χ4v) is 2.65. The van der Waals surface area contributed by atoms with E-state index >= 15 is 0 Å². The van der Waals surface area contributed by atoms with Crippen molar-refractivity contribution in [3.8, 4) is 0 Å². The topological polar surface area (TPSA) is 161 Å². The molecule has 0 unspecified atom stereocenters. The molecule has 6 N–H and O–H groups in total. The number of aromatic nitrogens is 4. The first-order valence-corrected chi connectivity index (χ1v) is 7.42. The number of fused-ring (bicyclic) bond motifs is 1. The molecule has 0 aromatic carbocycles. The van der Waals surface area contributed by atoms with Crippen molar-refractivity contribution < 1.29 is 24.8 Å². The molecule has 0 saturated carbocycles. The first-order chi connectivity index (χ1) is 11.6. The van der Waals surface area contributed by atoms with E-state index in [1.54, 1.807) is 7.11 Å². The molecular formula is C13H20N6O5. The summed E-state index contributed by atoms with van der Waals surface area (Å²) in [7, 11) is 1.57. The molecule has 1 aliphatic heterocycles. The first kappa shape index (κ1) is 16.8. The summed E-state index contributed by atoms with van der Waals surface area (Å²) in [6.07, 6.45) is -3.12. The Morgan fingerprint density at radius 2 is 2.17 bits per heavy atom. The van der Waals surface area contributed by atoms with Crippen LogP contribution >= 0.6 is 0 Å². The molecule has 4 atom stereocenters. The molecule has 2 aromatic heterocycles. The van der Waals surface area contributed by atoms with Crippen molar-refractivity contribution in [2.45, 2.75) is 24.5 Å². The van der Waals surface area contributed by atoms with E-state index in [0.717, 1.165) is 0 Å². The van der Waals surface area contributed by atoms with E-state index in [4.69, 9.17) is 15.2 Å². The van der Waals surface area contributed by atoms with Gasteiger partial charge in [-0.3, -0.25) is 4.57 Å². The minimum absolute atomic E-state index is 0.181. The van der Waals surface area contributed by atoms with Crippen LogP contribution in [0, 0.1) is 0 Å². The third kappa shape index (κ3) is 2.76. The summed E-state index contributed by atoms with van der Waals surface area (Å²) in [6.45, 7) is 0.452. The van der Waals surface area contributed by atoms with Gasteiger partial charge in [0.15, 0.2) is 23.2 Å². The summed E-state index contributed by atoms with van der Waals surface area (Å²) in [5.41, 5.74) is 6.52. The highest BCUT2D eigenvalue weighted by Gasteiger charge is 2.45. The molecular weight excluding hydrogens is 320 g/mol. The van der Waals surface area contributed by atoms with E-state index in [1.807, 2.05) is 0 Å². The van der Waals surface area contributed by atoms with Crippen LogP contribution in [0.4, 0.5) is 11.8 Å². The number of nitrogens with two attached hydrogens (primary N) is 1. The Morgan fingerprint density at radius 1 is 1.38 bits per heavy atom. The average molecular weight is 340 g/mol. The van der Waals surface area contributed by atoms with Crippen molar-refractivity contribution >= 4 is 22.9 Å². The number of anilines is 2. The van der Waals surface area contributed by atoms with Gasteiger partial charge in [0.2, 0.25) is 5.95 Å². The minimum Gasteiger partial charge on any atom is -0.394 e. The van der Waals surface area contributed by atoms with Gasteiger partial charge in [0.05, 0.1) is 13.2 Å². The number of aliphatic hydroxyl groups excluding tert-OH is 3. The largest absolute Gasteiger partial charge is 0.394 e. The number of nitrogens with one attached hydrogen (secondary N) is 1. The van der Waals surface area contributed by atoms with Gasteiger partial charge in [-0.15, -0.1) is 0 Å². The van der Waals surface area contributed by atoms with E-state index in [0.29, 0.717) is 30.3 Å². The van der Waals surface area contributed by atoms with E-state index in [1.165, 1.54) is 10.9 Å². The average Bonchev–Trinajstić information content (AvgIpc) is 3.07. The lowest BCUT2D eigenvalue weighted by Gasteiger charge is -2.19. The Kier molecular flexibility index (Phi) is 4.78. The number of hydrogen-bond acceptors (Lipinski definition) is 10. The highest BCUT2D eigenvalue weighted by molar-refractivity contribution is 5.84. The number of nitrogens with zero attached hydrogens (tertiary/aromatic N) is 4. The Hall–Kier alpha value is -2.05. The second-order valence-electron chi connectivity index (χ2n) is 5.38. The van der Waals surface area contributed by atoms with Gasteiger partial charge in [-0.05, 0) is 0 Å². The quantitative estimate of drug-likeness (QED) is 0.375. The van der Waals surface area contributed by atoms with Gasteiger partial charge >= 0.3 is 0 Å². The van der Waals surface area contributed by atoms with Crippen molar-refractivity contribution in [3.63, 3.8) is 0 Å². The van der Waals surface area contributed by atoms with E-state index in [9.17, 15) is 15.3 Å². The van der Waals surface area contributed by atoms with Crippen LogP contribution in [0.3, 0.4) is 0 Å². The maximum atomic E-state index is 10.3. The third-order valence-corrected chi connectivity index (χ3v) is 3.87. The van der Waals surface area contributed by atoms with Gasteiger partial charge in [0.1, 0.15) is 24.6 Å². The fourth-order valence-electron chi connectivity index (χ4n) is 2.65. The molecule has 0 aliphatic carbocycles. The van der Waals surface area contributed by atoms with Crippen LogP contribution in [-0.2, 0) is 9.47 Å². The lowest BCUT2D eigenvalue weighted by molar-refractivity contribution is -0.0501. The number of ether oxygens (including phenoxy) is 2. The van der Waals surface area contributed by atoms with Gasteiger partial charge in [0.25, 0.3) is 0 Å². The van der Waals surface area contributed by atoms with Crippen LogP contribution in [0.2, 0.25) is 0 Å². The molecule has 0 bridgehead atoms. The summed E-state index contributed by atoms with van der Waals surface area (Å²) >= 11 is 0. The zero-order valence-corrected chi connectivity index (χ0v) is 13.0. The van der Waals surface area contributed by atoms with Crippen LogP contribution < -0.4 is 11.1 Å². The first-order valence-electron chi connectivity index (χ1n) is 7.42. The van der Waals surface area contributed by atoms with E-state index < -0.39 is 31.1 Å². The number of hydrogen-bond donors (Lipinski definition) is 5. The zero-order chi connectivity index (χ0) is 17.3. The van der Waals surface area contributed by atoms with Crippen molar-refractivity contribution in [2.24, 2.45) is 0 Å². The molecule has 132 valence electrons. The highest BCUT2D eigenvalue weighted by atomic mass is 16.6. The Labute approximate surface area is 137 Å². The standard InChI is InChI=1S/C13H20N6O5/c1-23-3-2-15-13-18-7-10(14)16-5-17-11(7)19(13)12-9(22)8(21)6(4-20)24-12/h5-6,8-9,12,20-22H,2-4H2,1H3,(H,15,18)(H2,14,16,17)/t6-,8+,9+,12-/m1/s1. The summed E-state index contributed by atoms with van der Waals surface area (Å²) in [5.74, 6) is 0.518. The SMILES string of the molecule is COCCNc1nc2c(N)ncnc2n1[C@@H]1O[C@H](CO)[C@H](O)[C@@H]1O. The number of nitrogen functional groups attached to an aromatic ring is 1. The molecule has 1 fully saturated rings. The third-order valence-electron chi connectivity index (χ3n) is 3.87. The Balaban J connectivity index is 2.04. The smallest absolute Gasteiger partial charge is 0.207 e. The van der Waals surface area contributed by atoms with Crippen LogP contribution in [0.25, 0.3) is 11.2 Å². The second-order valence-corrected chi connectivity index (χ2v) is 5.38. The van der Waals surface area contributed by atoms with E-state index in [-0.39, 0.29) is 5.82 Å². The molecule has 3 rings (SSSR count). The van der Waals surface area contributed by atoms with Crippen LogP contribution in [-0.4, -0.2) is 80.0 Å². The molecule has 24 heavy (non-hydrogen) atoms. The maximum Gasteiger partial charge on any atom is 0.207 e. The minimum atomic E-state index is -1.27. The molecule has 2 aromatic rings. The number of aliphatic hydroxyl groups is 3. The van der Waals surface area contributed by atoms with Crippen molar-refractivity contribution in [2.75, 3.05) is 37.9 Å². The summed E-state index contributed by atoms with van der Waals surface area (Å²) in [5, 5.41) is 32.6. The van der Waals surface area contributed by atoms with Gasteiger partial charge in [0, 0.05) is 13.7 Å². The number of rotatable bonds is 6. The van der Waals surface area contributed by atoms with Crippen molar-refractivity contribution in [3.05, 3.63) is 6.33 Å². The predicted octanol–water partition coefficient (Wildman–Crippen LogP) is -1.92. The Morgan fingerprint density at radius 3 is 2.83 bits per heavy atom. The molecule has 0 spiro atoms. The van der Waals surface area contributed by atoms with Crippen molar-refractivity contribution in [1.82, 2.24) is 19.5 Å². The normalized spacial score (nSPS) is 27.0. The summed E-state index contributed by atoms with van der Waals surface area (Å²) in [4.78, 5) is 12.4. The summed E-state index contributed by atoms with van der Waals surface area (Å²) in [6, 6.07) is 0. The van der Waals surface area contributed by atoms with Crippen LogP contribution in [0.5, 0.6) is 0 Å². The lowest BCUT2D eigenvalue weighted by Crippen LogP contribution is -2.33. The fraction of sp³-hybridized carbons (Fsp3) is 0.615.